The van der Waals surface area contributed by atoms with E-state index in [2.05, 4.69) is 5.32 Å². The predicted octanol–water partition coefficient (Wildman–Crippen LogP) is 0.128. The molecular weight excluding hydrogens is 136 g/mol. The van der Waals surface area contributed by atoms with Crippen LogP contribution in [0.25, 0.3) is 0 Å². The fourth-order valence-electron chi connectivity index (χ4n) is 0.782. The summed E-state index contributed by atoms with van der Waals surface area (Å²) in [6, 6.07) is 0. The van der Waals surface area contributed by atoms with E-state index in [0.717, 1.165) is 19.5 Å². The van der Waals surface area contributed by atoms with E-state index in [-0.39, 0.29) is 0 Å². The smallest absolute Gasteiger partial charge is 0.193 e. The molecule has 1 saturated heterocycles. The zero-order valence-corrected chi connectivity index (χ0v) is 6.20. The van der Waals surface area contributed by atoms with E-state index in [1.165, 1.54) is 0 Å². The lowest BCUT2D eigenvalue weighted by atomic mass is 10.4. The van der Waals surface area contributed by atoms with Gasteiger partial charge in [-0.15, -0.1) is 0 Å². The summed E-state index contributed by atoms with van der Waals surface area (Å²) in [5.41, 5.74) is 0. The van der Waals surface area contributed by atoms with Gasteiger partial charge in [0.2, 0.25) is 0 Å². The summed E-state index contributed by atoms with van der Waals surface area (Å²) in [5, 5.41) is 5.39. The topological polar surface area (TPSA) is 24.5 Å². The Morgan fingerprint density at radius 1 is 1.78 bits per heavy atom. The average Bonchev–Trinajstić information content (AvgIpc) is 1.89. The molecule has 1 heterocycles. The third-order valence-corrected chi connectivity index (χ3v) is 1.61. The number of hydroxylamine groups is 2. The molecule has 1 rings (SSSR count). The SMILES string of the molecule is CON1CCCNC1=S. The van der Waals surface area contributed by atoms with Crippen molar-refractivity contribution in [2.24, 2.45) is 0 Å². The maximum Gasteiger partial charge on any atom is 0.193 e. The number of hydrogen-bond donors (Lipinski definition) is 1. The predicted molar refractivity (Wildman–Crippen MR) is 38.9 cm³/mol. The number of nitrogens with zero attached hydrogens (tertiary/aromatic N) is 1. The van der Waals surface area contributed by atoms with Crippen LogP contribution in [0.2, 0.25) is 0 Å². The second kappa shape index (κ2) is 2.98. The molecule has 0 unspecified atom stereocenters. The van der Waals surface area contributed by atoms with Crippen LogP contribution in [-0.2, 0) is 4.84 Å². The average molecular weight is 146 g/mol. The lowest BCUT2D eigenvalue weighted by Gasteiger charge is -2.27. The summed E-state index contributed by atoms with van der Waals surface area (Å²) in [4.78, 5) is 4.93. The van der Waals surface area contributed by atoms with Gasteiger partial charge >= 0.3 is 0 Å². The number of hydrogen-bond acceptors (Lipinski definition) is 2. The van der Waals surface area contributed by atoms with E-state index in [4.69, 9.17) is 17.1 Å². The lowest BCUT2D eigenvalue weighted by molar-refractivity contribution is -0.0708. The highest BCUT2D eigenvalue weighted by Gasteiger charge is 2.11. The van der Waals surface area contributed by atoms with Crippen LogP contribution in [0.3, 0.4) is 0 Å². The zero-order chi connectivity index (χ0) is 6.69. The molecule has 0 aromatic heterocycles. The van der Waals surface area contributed by atoms with Crippen molar-refractivity contribution in [2.45, 2.75) is 6.42 Å². The van der Waals surface area contributed by atoms with E-state index in [1.54, 1.807) is 12.2 Å². The van der Waals surface area contributed by atoms with Crippen LogP contribution in [0, 0.1) is 0 Å². The lowest BCUT2D eigenvalue weighted by Crippen LogP contribution is -2.45. The molecule has 0 aromatic carbocycles. The molecule has 4 heteroatoms. The molecule has 0 amide bonds. The molecule has 0 saturated carbocycles. The Morgan fingerprint density at radius 3 is 3.00 bits per heavy atom. The third kappa shape index (κ3) is 1.53. The van der Waals surface area contributed by atoms with Crippen molar-refractivity contribution in [2.75, 3.05) is 20.2 Å². The quantitative estimate of drug-likeness (QED) is 0.531. The molecule has 1 aliphatic rings. The summed E-state index contributed by atoms with van der Waals surface area (Å²) in [7, 11) is 1.62. The van der Waals surface area contributed by atoms with Crippen LogP contribution in [0.4, 0.5) is 0 Å². The van der Waals surface area contributed by atoms with Crippen molar-refractivity contribution in [1.82, 2.24) is 10.4 Å². The van der Waals surface area contributed by atoms with Crippen molar-refractivity contribution in [3.63, 3.8) is 0 Å². The Bertz CT molecular complexity index is 118. The van der Waals surface area contributed by atoms with Gasteiger partial charge in [-0.25, -0.2) is 5.06 Å². The first-order chi connectivity index (χ1) is 4.34. The van der Waals surface area contributed by atoms with E-state index >= 15 is 0 Å². The minimum absolute atomic E-state index is 0.698. The van der Waals surface area contributed by atoms with Crippen molar-refractivity contribution >= 4 is 17.3 Å². The third-order valence-electron chi connectivity index (χ3n) is 1.26. The Balaban J connectivity index is 2.39. The molecule has 3 nitrogen and oxygen atoms in total. The Kier molecular flexibility index (Phi) is 2.24. The first-order valence-electron chi connectivity index (χ1n) is 2.94. The van der Waals surface area contributed by atoms with Crippen molar-refractivity contribution in [3.05, 3.63) is 0 Å². The highest BCUT2D eigenvalue weighted by molar-refractivity contribution is 7.80. The zero-order valence-electron chi connectivity index (χ0n) is 5.39. The molecule has 52 valence electrons. The van der Waals surface area contributed by atoms with Crippen LogP contribution >= 0.6 is 12.2 Å². The van der Waals surface area contributed by atoms with E-state index in [9.17, 15) is 0 Å². The second-order valence-electron chi connectivity index (χ2n) is 1.87. The van der Waals surface area contributed by atoms with Crippen LogP contribution in [0.15, 0.2) is 0 Å². The van der Waals surface area contributed by atoms with Gasteiger partial charge in [0.1, 0.15) is 0 Å². The van der Waals surface area contributed by atoms with Crippen molar-refractivity contribution in [3.8, 4) is 0 Å². The van der Waals surface area contributed by atoms with Gasteiger partial charge in [-0.05, 0) is 18.6 Å². The fraction of sp³-hybridized carbons (Fsp3) is 0.800. The van der Waals surface area contributed by atoms with Gasteiger partial charge in [-0.3, -0.25) is 4.84 Å². The molecule has 0 atom stereocenters. The number of nitrogens with one attached hydrogen (secondary N) is 1. The van der Waals surface area contributed by atoms with Gasteiger partial charge in [0.25, 0.3) is 0 Å². The van der Waals surface area contributed by atoms with Gasteiger partial charge in [-0.1, -0.05) is 0 Å². The van der Waals surface area contributed by atoms with E-state index < -0.39 is 0 Å². The maximum atomic E-state index is 4.93. The van der Waals surface area contributed by atoms with Crippen LogP contribution in [0.1, 0.15) is 6.42 Å². The second-order valence-corrected chi connectivity index (χ2v) is 2.26. The molecule has 0 aliphatic carbocycles. The first kappa shape index (κ1) is 6.77. The molecule has 1 N–H and O–H groups in total. The molecule has 9 heavy (non-hydrogen) atoms. The summed E-state index contributed by atoms with van der Waals surface area (Å²) in [5.74, 6) is 0. The molecule has 0 radical (unpaired) electrons. The molecule has 0 spiro atoms. The summed E-state index contributed by atoms with van der Waals surface area (Å²) in [6.45, 7) is 1.88. The maximum absolute atomic E-state index is 4.93. The van der Waals surface area contributed by atoms with E-state index in [1.807, 2.05) is 0 Å². The summed E-state index contributed by atoms with van der Waals surface area (Å²) < 4.78 is 0. The minimum Gasteiger partial charge on any atom is -0.361 e. The summed E-state index contributed by atoms with van der Waals surface area (Å²) in [6.07, 6.45) is 1.09. The van der Waals surface area contributed by atoms with E-state index in [0.29, 0.717) is 5.11 Å². The molecule has 1 aliphatic heterocycles. The standard InChI is InChI=1S/C5H10N2OS/c1-8-7-4-2-3-6-5(7)9/h2-4H2,1H3,(H,6,9). The molecule has 1 fully saturated rings. The minimum atomic E-state index is 0.698. The van der Waals surface area contributed by atoms with Crippen LogP contribution < -0.4 is 5.32 Å². The molecule has 0 bridgehead atoms. The van der Waals surface area contributed by atoms with Gasteiger partial charge < -0.3 is 5.32 Å². The summed E-state index contributed by atoms with van der Waals surface area (Å²) >= 11 is 4.92. The molecule has 0 aromatic rings. The fourth-order valence-corrected chi connectivity index (χ4v) is 1.05. The Labute approximate surface area is 59.9 Å². The normalized spacial score (nSPS) is 19.7. The number of thiocarbonyl (C=S) groups is 1. The highest BCUT2D eigenvalue weighted by Crippen LogP contribution is 1.97. The van der Waals surface area contributed by atoms with Crippen LogP contribution in [0.5, 0.6) is 0 Å². The first-order valence-corrected chi connectivity index (χ1v) is 3.35. The number of rotatable bonds is 1. The molecular formula is C5H10N2OS. The van der Waals surface area contributed by atoms with Gasteiger partial charge in [0, 0.05) is 13.1 Å². The van der Waals surface area contributed by atoms with Gasteiger partial charge in [-0.2, -0.15) is 0 Å². The van der Waals surface area contributed by atoms with Gasteiger partial charge in [0.05, 0.1) is 7.11 Å². The Morgan fingerprint density at radius 2 is 2.56 bits per heavy atom. The highest BCUT2D eigenvalue weighted by atomic mass is 32.1. The van der Waals surface area contributed by atoms with Crippen LogP contribution in [-0.4, -0.2) is 30.4 Å². The largest absolute Gasteiger partial charge is 0.361 e. The van der Waals surface area contributed by atoms with Crippen molar-refractivity contribution < 1.29 is 4.84 Å². The van der Waals surface area contributed by atoms with Gasteiger partial charge in [0.15, 0.2) is 5.11 Å². The Hall–Kier alpha value is -0.350. The van der Waals surface area contributed by atoms with Crippen molar-refractivity contribution in [1.29, 1.82) is 0 Å². The monoisotopic (exact) mass is 146 g/mol.